The van der Waals surface area contributed by atoms with Crippen LogP contribution < -0.4 is 0 Å². The number of hydrogen-bond donors (Lipinski definition) is 0. The van der Waals surface area contributed by atoms with E-state index in [1.807, 2.05) is 23.1 Å². The van der Waals surface area contributed by atoms with Gasteiger partial charge in [-0.2, -0.15) is 0 Å². The molecule has 2 saturated heterocycles. The zero-order valence-corrected chi connectivity index (χ0v) is 11.7. The Balaban J connectivity index is 1.81. The molecule has 2 fully saturated rings. The van der Waals surface area contributed by atoms with Crippen molar-refractivity contribution >= 4 is 29.3 Å². The number of halogens is 1. The fraction of sp³-hybridized carbons (Fsp3) is 0.500. The van der Waals surface area contributed by atoms with E-state index in [1.54, 1.807) is 11.8 Å². The van der Waals surface area contributed by atoms with E-state index in [9.17, 15) is 4.79 Å². The van der Waals surface area contributed by atoms with Crippen molar-refractivity contribution in [2.24, 2.45) is 5.92 Å². The Hall–Kier alpha value is -0.670. The molecule has 3 rings (SSSR count). The van der Waals surface area contributed by atoms with E-state index < -0.39 is 0 Å². The predicted molar refractivity (Wildman–Crippen MR) is 75.0 cm³/mol. The molecule has 1 aromatic carbocycles. The fourth-order valence-corrected chi connectivity index (χ4v) is 4.81. The number of thioether (sulfide) groups is 1. The van der Waals surface area contributed by atoms with Crippen molar-refractivity contribution in [3.05, 3.63) is 30.3 Å². The number of alkyl halides is 1. The van der Waals surface area contributed by atoms with Crippen LogP contribution in [0.4, 0.5) is 0 Å². The van der Waals surface area contributed by atoms with E-state index in [2.05, 4.69) is 12.1 Å². The Labute approximate surface area is 117 Å². The lowest BCUT2D eigenvalue weighted by atomic mass is 10.0. The largest absolute Gasteiger partial charge is 0.338 e. The number of fused-ring (bicyclic) bond motifs is 1. The van der Waals surface area contributed by atoms with Crippen LogP contribution in [-0.4, -0.2) is 34.5 Å². The lowest BCUT2D eigenvalue weighted by Crippen LogP contribution is -2.29. The first-order valence-electron chi connectivity index (χ1n) is 6.39. The number of hydrogen-bond acceptors (Lipinski definition) is 2. The molecule has 2 aliphatic rings. The Morgan fingerprint density at radius 2 is 2.11 bits per heavy atom. The van der Waals surface area contributed by atoms with Gasteiger partial charge in [0, 0.05) is 29.3 Å². The van der Waals surface area contributed by atoms with Gasteiger partial charge < -0.3 is 4.90 Å². The van der Waals surface area contributed by atoms with Crippen LogP contribution in [0.15, 0.2) is 35.2 Å². The van der Waals surface area contributed by atoms with Crippen LogP contribution in [0.3, 0.4) is 0 Å². The number of benzene rings is 1. The highest BCUT2D eigenvalue weighted by atomic mass is 35.5. The van der Waals surface area contributed by atoms with Crippen LogP contribution in [0.25, 0.3) is 0 Å². The third kappa shape index (κ3) is 2.04. The topological polar surface area (TPSA) is 20.3 Å². The summed E-state index contributed by atoms with van der Waals surface area (Å²) in [5.41, 5.74) is 0. The van der Waals surface area contributed by atoms with Crippen LogP contribution in [0.2, 0.25) is 0 Å². The SMILES string of the molecule is O=C1C(Sc2ccccc2)C(CCl)C2CCCN12. The second kappa shape index (κ2) is 5.14. The van der Waals surface area contributed by atoms with Crippen molar-refractivity contribution < 1.29 is 4.79 Å². The molecule has 18 heavy (non-hydrogen) atoms. The minimum atomic E-state index is 0.00944. The summed E-state index contributed by atoms with van der Waals surface area (Å²) in [5.74, 6) is 1.17. The van der Waals surface area contributed by atoms with E-state index in [0.717, 1.165) is 24.3 Å². The summed E-state index contributed by atoms with van der Waals surface area (Å²) in [6.07, 6.45) is 2.25. The first-order valence-corrected chi connectivity index (χ1v) is 7.81. The number of nitrogens with zero attached hydrogens (tertiary/aromatic N) is 1. The van der Waals surface area contributed by atoms with Crippen LogP contribution in [0.5, 0.6) is 0 Å². The number of amides is 1. The van der Waals surface area contributed by atoms with Gasteiger partial charge in [0.25, 0.3) is 0 Å². The van der Waals surface area contributed by atoms with Gasteiger partial charge in [-0.05, 0) is 25.0 Å². The smallest absolute Gasteiger partial charge is 0.236 e. The van der Waals surface area contributed by atoms with E-state index in [1.165, 1.54) is 0 Å². The molecule has 3 unspecified atom stereocenters. The van der Waals surface area contributed by atoms with Crippen molar-refractivity contribution in [2.75, 3.05) is 12.4 Å². The molecule has 2 nitrogen and oxygen atoms in total. The molecule has 1 amide bonds. The van der Waals surface area contributed by atoms with Gasteiger partial charge in [-0.15, -0.1) is 23.4 Å². The average molecular weight is 282 g/mol. The molecule has 0 radical (unpaired) electrons. The second-order valence-corrected chi connectivity index (χ2v) is 6.43. The zero-order valence-electron chi connectivity index (χ0n) is 10.1. The molecule has 0 spiro atoms. The highest BCUT2D eigenvalue weighted by Crippen LogP contribution is 2.42. The zero-order chi connectivity index (χ0) is 12.5. The number of rotatable bonds is 3. The molecule has 3 atom stereocenters. The van der Waals surface area contributed by atoms with Gasteiger partial charge in [0.05, 0.1) is 5.25 Å². The summed E-state index contributed by atoms with van der Waals surface area (Å²) in [6, 6.07) is 10.5. The molecule has 1 aromatic rings. The van der Waals surface area contributed by atoms with Crippen molar-refractivity contribution in [1.29, 1.82) is 0 Å². The third-order valence-corrected chi connectivity index (χ3v) is 5.60. The summed E-state index contributed by atoms with van der Waals surface area (Å²) < 4.78 is 0. The number of carbonyl (C=O) groups excluding carboxylic acids is 1. The summed E-state index contributed by atoms with van der Waals surface area (Å²) in [6.45, 7) is 0.919. The van der Waals surface area contributed by atoms with Gasteiger partial charge in [-0.3, -0.25) is 4.79 Å². The van der Waals surface area contributed by atoms with E-state index in [-0.39, 0.29) is 11.2 Å². The fourth-order valence-electron chi connectivity index (χ4n) is 3.03. The molecule has 0 aliphatic carbocycles. The predicted octanol–water partition coefficient (Wildman–Crippen LogP) is 3.01. The minimum Gasteiger partial charge on any atom is -0.338 e. The summed E-state index contributed by atoms with van der Waals surface area (Å²) >= 11 is 7.78. The molecule has 2 aliphatic heterocycles. The van der Waals surface area contributed by atoms with Crippen LogP contribution in [0.1, 0.15) is 12.8 Å². The maximum Gasteiger partial charge on any atom is 0.236 e. The molecule has 4 heteroatoms. The first-order chi connectivity index (χ1) is 8.81. The van der Waals surface area contributed by atoms with E-state index >= 15 is 0 Å². The Morgan fingerprint density at radius 1 is 1.33 bits per heavy atom. The highest BCUT2D eigenvalue weighted by Gasteiger charge is 2.49. The molecule has 96 valence electrons. The lowest BCUT2D eigenvalue weighted by Gasteiger charge is -2.19. The maximum atomic E-state index is 12.4. The first kappa shape index (κ1) is 12.4. The van der Waals surface area contributed by atoms with Gasteiger partial charge in [0.2, 0.25) is 5.91 Å². The van der Waals surface area contributed by atoms with E-state index in [0.29, 0.717) is 17.8 Å². The Kier molecular flexibility index (Phi) is 3.53. The van der Waals surface area contributed by atoms with Crippen molar-refractivity contribution in [1.82, 2.24) is 4.90 Å². The van der Waals surface area contributed by atoms with Gasteiger partial charge >= 0.3 is 0 Å². The number of carbonyl (C=O) groups is 1. The Morgan fingerprint density at radius 3 is 2.83 bits per heavy atom. The summed E-state index contributed by atoms with van der Waals surface area (Å²) in [5, 5.41) is 0.00944. The molecule has 0 N–H and O–H groups in total. The lowest BCUT2D eigenvalue weighted by molar-refractivity contribution is -0.127. The summed E-state index contributed by atoms with van der Waals surface area (Å²) in [4.78, 5) is 15.6. The van der Waals surface area contributed by atoms with Crippen LogP contribution in [-0.2, 0) is 4.79 Å². The van der Waals surface area contributed by atoms with Crippen LogP contribution >= 0.6 is 23.4 Å². The van der Waals surface area contributed by atoms with Gasteiger partial charge in [0.15, 0.2) is 0 Å². The second-order valence-electron chi connectivity index (χ2n) is 4.91. The molecular weight excluding hydrogens is 266 g/mol. The molecule has 0 bridgehead atoms. The average Bonchev–Trinajstić information content (AvgIpc) is 2.95. The molecule has 0 saturated carbocycles. The summed E-state index contributed by atoms with van der Waals surface area (Å²) in [7, 11) is 0. The monoisotopic (exact) mass is 281 g/mol. The third-order valence-electron chi connectivity index (χ3n) is 3.89. The maximum absolute atomic E-state index is 12.4. The van der Waals surface area contributed by atoms with Crippen molar-refractivity contribution in [3.63, 3.8) is 0 Å². The van der Waals surface area contributed by atoms with E-state index in [4.69, 9.17) is 11.6 Å². The molecular formula is C14H16ClNOS. The molecule has 0 aromatic heterocycles. The van der Waals surface area contributed by atoms with Crippen LogP contribution in [0, 0.1) is 5.92 Å². The molecule has 2 heterocycles. The van der Waals surface area contributed by atoms with Gasteiger partial charge in [-0.1, -0.05) is 18.2 Å². The van der Waals surface area contributed by atoms with Gasteiger partial charge in [0.1, 0.15) is 0 Å². The standard InChI is InChI=1S/C14H16ClNOS/c15-9-11-12-7-4-8-16(12)14(17)13(11)18-10-5-2-1-3-6-10/h1-3,5-6,11-13H,4,7-9H2. The Bertz CT molecular complexity index is 439. The minimum absolute atomic E-state index is 0.00944. The normalized spacial score (nSPS) is 30.8. The van der Waals surface area contributed by atoms with Crippen molar-refractivity contribution in [2.45, 2.75) is 29.0 Å². The van der Waals surface area contributed by atoms with Crippen molar-refractivity contribution in [3.8, 4) is 0 Å². The van der Waals surface area contributed by atoms with Gasteiger partial charge in [-0.25, -0.2) is 0 Å². The highest BCUT2D eigenvalue weighted by molar-refractivity contribution is 8.00. The quantitative estimate of drug-likeness (QED) is 0.794.